The minimum absolute atomic E-state index is 0.158. The van der Waals surface area contributed by atoms with Gasteiger partial charge in [-0.1, -0.05) is 60.7 Å². The molecule has 0 saturated heterocycles. The molecule has 0 radical (unpaired) electrons. The minimum atomic E-state index is -1.18. The fraction of sp³-hybridized carbons (Fsp3) is 0.190. The van der Waals surface area contributed by atoms with Crippen molar-refractivity contribution in [3.05, 3.63) is 77.4 Å². The summed E-state index contributed by atoms with van der Waals surface area (Å²) >= 11 is 0. The number of esters is 1. The summed E-state index contributed by atoms with van der Waals surface area (Å²) in [6, 6.07) is 19.6. The first-order chi connectivity index (χ1) is 12.1. The third-order valence-corrected chi connectivity index (χ3v) is 3.79. The average molecular weight is 333 g/mol. The highest BCUT2D eigenvalue weighted by Crippen LogP contribution is 2.31. The molecule has 1 unspecified atom stereocenters. The number of ketones is 1. The van der Waals surface area contributed by atoms with E-state index in [-0.39, 0.29) is 12.4 Å². The lowest BCUT2D eigenvalue weighted by Crippen LogP contribution is -2.28. The van der Waals surface area contributed by atoms with Crippen LogP contribution in [0.5, 0.6) is 0 Å². The van der Waals surface area contributed by atoms with Crippen LogP contribution in [0, 0.1) is 17.2 Å². The van der Waals surface area contributed by atoms with E-state index in [1.807, 2.05) is 6.07 Å². The van der Waals surface area contributed by atoms with Crippen LogP contribution in [0.2, 0.25) is 0 Å². The van der Waals surface area contributed by atoms with E-state index in [4.69, 9.17) is 4.74 Å². The number of carbonyl (C=O) groups excluding carboxylic acids is 2. The Bertz CT molecular complexity index is 817. The molecule has 0 fully saturated rings. The Morgan fingerprint density at radius 2 is 1.52 bits per heavy atom. The van der Waals surface area contributed by atoms with Crippen molar-refractivity contribution in [1.29, 1.82) is 5.26 Å². The number of Topliss-reactive ketones (excluding diaryl/α,β-unsaturated/α-hetero) is 1. The zero-order valence-corrected chi connectivity index (χ0v) is 14.2. The Kier molecular flexibility index (Phi) is 6.25. The predicted octanol–water partition coefficient (Wildman–Crippen LogP) is 4.05. The van der Waals surface area contributed by atoms with Crippen molar-refractivity contribution in [3.63, 3.8) is 0 Å². The zero-order chi connectivity index (χ0) is 18.2. The molecular formula is C21H19NO3. The number of nitrogens with zero attached hydrogens (tertiary/aromatic N) is 1. The number of benzene rings is 2. The number of allylic oxidation sites excluding steroid dienone is 1. The summed E-state index contributed by atoms with van der Waals surface area (Å²) in [5.74, 6) is -2.21. The van der Waals surface area contributed by atoms with E-state index >= 15 is 0 Å². The van der Waals surface area contributed by atoms with Gasteiger partial charge in [-0.2, -0.15) is 5.26 Å². The van der Waals surface area contributed by atoms with Crippen LogP contribution in [-0.2, 0) is 9.53 Å². The van der Waals surface area contributed by atoms with E-state index in [1.165, 1.54) is 0 Å². The molecule has 0 aliphatic rings. The molecule has 0 saturated carbocycles. The second kappa shape index (κ2) is 8.60. The first-order valence-electron chi connectivity index (χ1n) is 8.02. The molecule has 0 amide bonds. The molecule has 1 atom stereocenters. The summed E-state index contributed by atoms with van der Waals surface area (Å²) in [5.41, 5.74) is 1.76. The summed E-state index contributed by atoms with van der Waals surface area (Å²) in [7, 11) is 0. The largest absolute Gasteiger partial charge is 0.465 e. The van der Waals surface area contributed by atoms with Gasteiger partial charge in [0.1, 0.15) is 5.92 Å². The molecule has 126 valence electrons. The number of hydrogen-bond acceptors (Lipinski definition) is 4. The van der Waals surface area contributed by atoms with Crippen LogP contribution in [0.25, 0.3) is 5.57 Å². The fourth-order valence-corrected chi connectivity index (χ4v) is 2.63. The molecule has 4 nitrogen and oxygen atoms in total. The maximum atomic E-state index is 13.1. The number of nitriles is 1. The van der Waals surface area contributed by atoms with Gasteiger partial charge in [0, 0.05) is 11.1 Å². The molecule has 2 rings (SSSR count). The molecule has 0 aliphatic carbocycles. The molecule has 0 aromatic heterocycles. The Balaban J connectivity index is 2.62. The van der Waals surface area contributed by atoms with Crippen LogP contribution in [0.1, 0.15) is 29.8 Å². The van der Waals surface area contributed by atoms with E-state index in [9.17, 15) is 14.9 Å². The van der Waals surface area contributed by atoms with Crippen LogP contribution in [0.15, 0.2) is 66.2 Å². The van der Waals surface area contributed by atoms with Gasteiger partial charge in [0.05, 0.1) is 12.7 Å². The van der Waals surface area contributed by atoms with Gasteiger partial charge in [-0.3, -0.25) is 9.59 Å². The molecule has 4 heteroatoms. The van der Waals surface area contributed by atoms with E-state index in [1.54, 1.807) is 68.4 Å². The van der Waals surface area contributed by atoms with E-state index in [0.717, 1.165) is 0 Å². The lowest BCUT2D eigenvalue weighted by atomic mass is 9.84. The molecular weight excluding hydrogens is 314 g/mol. The summed E-state index contributed by atoms with van der Waals surface area (Å²) in [4.78, 5) is 25.7. The third-order valence-electron chi connectivity index (χ3n) is 3.79. The molecule has 0 heterocycles. The van der Waals surface area contributed by atoms with Gasteiger partial charge in [-0.05, 0) is 25.0 Å². The highest BCUT2D eigenvalue weighted by Gasteiger charge is 2.34. The summed E-state index contributed by atoms with van der Waals surface area (Å²) in [6.07, 6.45) is 0. The van der Waals surface area contributed by atoms with Crippen molar-refractivity contribution in [2.45, 2.75) is 13.8 Å². The standard InChI is InChI=1S/C21H19NO3/c1-3-25-21(24)19(20(23)17-12-8-5-9-13-17)18(15(2)14-22)16-10-6-4-7-11-16/h4-13,19H,3H2,1-2H3/b18-15-. The van der Waals surface area contributed by atoms with Crippen molar-refractivity contribution < 1.29 is 14.3 Å². The minimum Gasteiger partial charge on any atom is -0.465 e. The maximum Gasteiger partial charge on any atom is 0.321 e. The van der Waals surface area contributed by atoms with E-state index < -0.39 is 11.9 Å². The number of ether oxygens (including phenoxy) is 1. The van der Waals surface area contributed by atoms with Gasteiger partial charge in [0.15, 0.2) is 5.78 Å². The Labute approximate surface area is 147 Å². The number of carbonyl (C=O) groups is 2. The van der Waals surface area contributed by atoms with Crippen LogP contribution in [0.3, 0.4) is 0 Å². The van der Waals surface area contributed by atoms with Gasteiger partial charge in [-0.15, -0.1) is 0 Å². The number of hydrogen-bond donors (Lipinski definition) is 0. The first kappa shape index (κ1) is 18.2. The van der Waals surface area contributed by atoms with Gasteiger partial charge in [-0.25, -0.2) is 0 Å². The van der Waals surface area contributed by atoms with Crippen molar-refractivity contribution >= 4 is 17.3 Å². The highest BCUT2D eigenvalue weighted by atomic mass is 16.5. The first-order valence-corrected chi connectivity index (χ1v) is 8.02. The molecule has 0 bridgehead atoms. The Hall–Kier alpha value is -3.19. The topological polar surface area (TPSA) is 67.2 Å². The normalized spacial score (nSPS) is 12.5. The van der Waals surface area contributed by atoms with E-state index in [0.29, 0.717) is 22.3 Å². The predicted molar refractivity (Wildman–Crippen MR) is 95.5 cm³/mol. The van der Waals surface area contributed by atoms with Crippen LogP contribution in [-0.4, -0.2) is 18.4 Å². The van der Waals surface area contributed by atoms with Crippen molar-refractivity contribution in [2.24, 2.45) is 5.92 Å². The monoisotopic (exact) mass is 333 g/mol. The average Bonchev–Trinajstić information content (AvgIpc) is 2.66. The summed E-state index contributed by atoms with van der Waals surface area (Å²) in [6.45, 7) is 3.45. The quantitative estimate of drug-likeness (QED) is 0.346. The lowest BCUT2D eigenvalue weighted by molar-refractivity contribution is -0.144. The molecule has 25 heavy (non-hydrogen) atoms. The summed E-state index contributed by atoms with van der Waals surface area (Å²) in [5, 5.41) is 9.41. The van der Waals surface area contributed by atoms with Crippen LogP contribution in [0.4, 0.5) is 0 Å². The van der Waals surface area contributed by atoms with Gasteiger partial charge >= 0.3 is 5.97 Å². The molecule has 2 aromatic carbocycles. The van der Waals surface area contributed by atoms with E-state index in [2.05, 4.69) is 6.07 Å². The van der Waals surface area contributed by atoms with Crippen molar-refractivity contribution in [3.8, 4) is 6.07 Å². The van der Waals surface area contributed by atoms with Crippen molar-refractivity contribution in [1.82, 2.24) is 0 Å². The van der Waals surface area contributed by atoms with Crippen LogP contribution >= 0.6 is 0 Å². The molecule has 2 aromatic rings. The number of rotatable bonds is 6. The smallest absolute Gasteiger partial charge is 0.321 e. The third kappa shape index (κ3) is 4.21. The second-order valence-corrected chi connectivity index (χ2v) is 5.43. The van der Waals surface area contributed by atoms with Gasteiger partial charge < -0.3 is 4.74 Å². The Morgan fingerprint density at radius 1 is 1.00 bits per heavy atom. The van der Waals surface area contributed by atoms with Gasteiger partial charge in [0.25, 0.3) is 0 Å². The Morgan fingerprint density at radius 3 is 2.00 bits per heavy atom. The molecule has 0 N–H and O–H groups in total. The van der Waals surface area contributed by atoms with Crippen molar-refractivity contribution in [2.75, 3.05) is 6.61 Å². The second-order valence-electron chi connectivity index (χ2n) is 5.43. The highest BCUT2D eigenvalue weighted by molar-refractivity contribution is 6.17. The van der Waals surface area contributed by atoms with Gasteiger partial charge in [0.2, 0.25) is 0 Å². The maximum absolute atomic E-state index is 13.1. The molecule has 0 spiro atoms. The van der Waals surface area contributed by atoms with Crippen LogP contribution < -0.4 is 0 Å². The fourth-order valence-electron chi connectivity index (χ4n) is 2.63. The zero-order valence-electron chi connectivity index (χ0n) is 14.2. The summed E-state index contributed by atoms with van der Waals surface area (Å²) < 4.78 is 5.14. The lowest BCUT2D eigenvalue weighted by Gasteiger charge is -2.19. The molecule has 0 aliphatic heterocycles. The SMILES string of the molecule is CCOC(=O)C(C(=O)c1ccccc1)/C(=C(/C)C#N)c1ccccc1.